The first-order chi connectivity index (χ1) is 7.74. The Morgan fingerprint density at radius 3 is 2.19 bits per heavy atom. The van der Waals surface area contributed by atoms with Crippen LogP contribution in [0.15, 0.2) is 18.2 Å². The SMILES string of the molecule is C#CCC(NC)c1cc(OC)cc(OC)c1. The van der Waals surface area contributed by atoms with Gasteiger partial charge in [0, 0.05) is 18.5 Å². The highest BCUT2D eigenvalue weighted by atomic mass is 16.5. The maximum atomic E-state index is 5.33. The van der Waals surface area contributed by atoms with E-state index in [9.17, 15) is 0 Å². The van der Waals surface area contributed by atoms with Crippen molar-refractivity contribution in [1.82, 2.24) is 5.32 Å². The zero-order valence-electron chi connectivity index (χ0n) is 9.91. The van der Waals surface area contributed by atoms with Gasteiger partial charge in [0.2, 0.25) is 0 Å². The smallest absolute Gasteiger partial charge is 0.122 e. The summed E-state index contributed by atoms with van der Waals surface area (Å²) in [6.07, 6.45) is 5.96. The lowest BCUT2D eigenvalue weighted by atomic mass is 10.0. The molecule has 0 aromatic heterocycles. The van der Waals surface area contributed by atoms with Gasteiger partial charge in [-0.2, -0.15) is 0 Å². The van der Waals surface area contributed by atoms with Gasteiger partial charge in [-0.3, -0.25) is 0 Å². The summed E-state index contributed by atoms with van der Waals surface area (Å²) >= 11 is 0. The van der Waals surface area contributed by atoms with Crippen molar-refractivity contribution >= 4 is 0 Å². The van der Waals surface area contributed by atoms with E-state index in [4.69, 9.17) is 15.9 Å². The van der Waals surface area contributed by atoms with E-state index in [0.29, 0.717) is 6.42 Å². The van der Waals surface area contributed by atoms with Crippen molar-refractivity contribution in [3.05, 3.63) is 23.8 Å². The monoisotopic (exact) mass is 219 g/mol. The Kier molecular flexibility index (Phi) is 4.68. The first-order valence-corrected chi connectivity index (χ1v) is 5.08. The first-order valence-electron chi connectivity index (χ1n) is 5.08. The second kappa shape index (κ2) is 6.04. The molecule has 1 aromatic rings. The lowest BCUT2D eigenvalue weighted by Gasteiger charge is -2.16. The molecule has 16 heavy (non-hydrogen) atoms. The van der Waals surface area contributed by atoms with Crippen LogP contribution in [-0.4, -0.2) is 21.3 Å². The molecule has 0 aliphatic carbocycles. The molecule has 0 amide bonds. The summed E-state index contributed by atoms with van der Waals surface area (Å²) in [7, 11) is 5.15. The van der Waals surface area contributed by atoms with Gasteiger partial charge < -0.3 is 14.8 Å². The molecule has 86 valence electrons. The molecule has 0 aliphatic rings. The Hall–Kier alpha value is -1.66. The van der Waals surface area contributed by atoms with E-state index >= 15 is 0 Å². The number of nitrogens with one attached hydrogen (secondary N) is 1. The largest absolute Gasteiger partial charge is 0.497 e. The summed E-state index contributed by atoms with van der Waals surface area (Å²) in [5, 5.41) is 3.17. The van der Waals surface area contributed by atoms with Gasteiger partial charge in [0.25, 0.3) is 0 Å². The molecule has 1 rings (SSSR count). The fraction of sp³-hybridized carbons (Fsp3) is 0.385. The molecule has 0 bridgehead atoms. The lowest BCUT2D eigenvalue weighted by Crippen LogP contribution is -2.15. The minimum atomic E-state index is 0.119. The predicted octanol–water partition coefficient (Wildman–Crippen LogP) is 1.99. The fourth-order valence-corrected chi connectivity index (χ4v) is 1.54. The zero-order chi connectivity index (χ0) is 12.0. The molecule has 0 heterocycles. The highest BCUT2D eigenvalue weighted by Gasteiger charge is 2.10. The van der Waals surface area contributed by atoms with Gasteiger partial charge in [0.1, 0.15) is 11.5 Å². The van der Waals surface area contributed by atoms with Crippen molar-refractivity contribution in [3.63, 3.8) is 0 Å². The number of rotatable bonds is 5. The molecular weight excluding hydrogens is 202 g/mol. The molecule has 1 atom stereocenters. The van der Waals surface area contributed by atoms with E-state index in [2.05, 4.69) is 11.2 Å². The minimum Gasteiger partial charge on any atom is -0.497 e. The van der Waals surface area contributed by atoms with E-state index < -0.39 is 0 Å². The summed E-state index contributed by atoms with van der Waals surface area (Å²) in [5.74, 6) is 4.19. The summed E-state index contributed by atoms with van der Waals surface area (Å²) in [4.78, 5) is 0. The maximum Gasteiger partial charge on any atom is 0.122 e. The average molecular weight is 219 g/mol. The van der Waals surface area contributed by atoms with Crippen molar-refractivity contribution in [2.75, 3.05) is 21.3 Å². The van der Waals surface area contributed by atoms with Gasteiger partial charge in [-0.15, -0.1) is 12.3 Å². The molecule has 0 saturated carbocycles. The number of ether oxygens (including phenoxy) is 2. The normalized spacial score (nSPS) is 11.6. The van der Waals surface area contributed by atoms with Crippen LogP contribution in [0.4, 0.5) is 0 Å². The summed E-state index contributed by atoms with van der Waals surface area (Å²) in [5.41, 5.74) is 1.07. The Bertz CT molecular complexity index is 360. The second-order valence-corrected chi connectivity index (χ2v) is 3.40. The van der Waals surface area contributed by atoms with Crippen LogP contribution >= 0.6 is 0 Å². The van der Waals surface area contributed by atoms with Gasteiger partial charge in [0.05, 0.1) is 14.2 Å². The van der Waals surface area contributed by atoms with Crippen molar-refractivity contribution in [3.8, 4) is 23.8 Å². The number of benzene rings is 1. The van der Waals surface area contributed by atoms with Crippen LogP contribution in [0.25, 0.3) is 0 Å². The number of methoxy groups -OCH3 is 2. The molecule has 0 saturated heterocycles. The Balaban J connectivity index is 3.06. The van der Waals surface area contributed by atoms with Gasteiger partial charge in [0.15, 0.2) is 0 Å². The van der Waals surface area contributed by atoms with Gasteiger partial charge in [-0.1, -0.05) is 0 Å². The van der Waals surface area contributed by atoms with Crippen LogP contribution in [0, 0.1) is 12.3 Å². The van der Waals surface area contributed by atoms with E-state index in [1.807, 2.05) is 25.2 Å². The van der Waals surface area contributed by atoms with Crippen LogP contribution < -0.4 is 14.8 Å². The highest BCUT2D eigenvalue weighted by molar-refractivity contribution is 5.40. The van der Waals surface area contributed by atoms with Crippen LogP contribution in [0.3, 0.4) is 0 Å². The molecule has 1 unspecified atom stereocenters. The Morgan fingerprint density at radius 1 is 1.25 bits per heavy atom. The van der Waals surface area contributed by atoms with Crippen LogP contribution in [0.5, 0.6) is 11.5 Å². The molecule has 1 aromatic carbocycles. The Labute approximate surface area is 96.8 Å². The molecule has 3 heteroatoms. The molecule has 0 fully saturated rings. The zero-order valence-corrected chi connectivity index (χ0v) is 9.91. The molecule has 0 radical (unpaired) electrons. The van der Waals surface area contributed by atoms with E-state index in [1.165, 1.54) is 0 Å². The summed E-state index contributed by atoms with van der Waals surface area (Å²) in [6.45, 7) is 0. The third-order valence-electron chi connectivity index (χ3n) is 2.45. The third-order valence-corrected chi connectivity index (χ3v) is 2.45. The molecular formula is C13H17NO2. The van der Waals surface area contributed by atoms with Crippen LogP contribution in [-0.2, 0) is 0 Å². The van der Waals surface area contributed by atoms with E-state index in [1.54, 1.807) is 14.2 Å². The minimum absolute atomic E-state index is 0.119. The van der Waals surface area contributed by atoms with Crippen molar-refractivity contribution in [2.24, 2.45) is 0 Å². The quantitative estimate of drug-likeness (QED) is 0.768. The Morgan fingerprint density at radius 2 is 1.81 bits per heavy atom. The van der Waals surface area contributed by atoms with E-state index in [0.717, 1.165) is 17.1 Å². The molecule has 0 aliphatic heterocycles. The van der Waals surface area contributed by atoms with Gasteiger partial charge in [-0.25, -0.2) is 0 Å². The van der Waals surface area contributed by atoms with Crippen LogP contribution in [0.1, 0.15) is 18.0 Å². The standard InChI is InChI=1S/C13H17NO2/c1-5-6-13(14-2)10-7-11(15-3)9-12(8-10)16-4/h1,7-9,13-14H,6H2,2-4H3. The van der Waals surface area contributed by atoms with Crippen molar-refractivity contribution in [1.29, 1.82) is 0 Å². The fourth-order valence-electron chi connectivity index (χ4n) is 1.54. The third kappa shape index (κ3) is 2.91. The maximum absolute atomic E-state index is 5.33. The topological polar surface area (TPSA) is 30.5 Å². The van der Waals surface area contributed by atoms with Gasteiger partial charge >= 0.3 is 0 Å². The van der Waals surface area contributed by atoms with Crippen molar-refractivity contribution in [2.45, 2.75) is 12.5 Å². The van der Waals surface area contributed by atoms with Gasteiger partial charge in [-0.05, 0) is 24.7 Å². The van der Waals surface area contributed by atoms with Crippen molar-refractivity contribution < 1.29 is 9.47 Å². The van der Waals surface area contributed by atoms with Crippen LogP contribution in [0.2, 0.25) is 0 Å². The first kappa shape index (κ1) is 12.4. The number of hydrogen-bond acceptors (Lipinski definition) is 3. The number of hydrogen-bond donors (Lipinski definition) is 1. The molecule has 0 spiro atoms. The summed E-state index contributed by atoms with van der Waals surface area (Å²) < 4.78 is 10.4. The number of terminal acetylenes is 1. The highest BCUT2D eigenvalue weighted by Crippen LogP contribution is 2.27. The predicted molar refractivity (Wildman–Crippen MR) is 64.8 cm³/mol. The summed E-state index contributed by atoms with van der Waals surface area (Å²) in [6, 6.07) is 5.88. The average Bonchev–Trinajstić information content (AvgIpc) is 2.35. The van der Waals surface area contributed by atoms with E-state index in [-0.39, 0.29) is 6.04 Å². The molecule has 1 N–H and O–H groups in total. The molecule has 3 nitrogen and oxygen atoms in total. The lowest BCUT2D eigenvalue weighted by molar-refractivity contribution is 0.392. The second-order valence-electron chi connectivity index (χ2n) is 3.40.